The maximum atomic E-state index is 12.9. The molecule has 0 aliphatic heterocycles. The van der Waals surface area contributed by atoms with Crippen molar-refractivity contribution in [3.63, 3.8) is 0 Å². The largest absolute Gasteiger partial charge is 0.462 e. The summed E-state index contributed by atoms with van der Waals surface area (Å²) in [7, 11) is 0. The molecule has 1 atom stereocenters. The van der Waals surface area contributed by atoms with Crippen LogP contribution in [0, 0.1) is 0 Å². The molecule has 0 rings (SSSR count). The lowest BCUT2D eigenvalue weighted by Crippen LogP contribution is -2.30. The van der Waals surface area contributed by atoms with Crippen molar-refractivity contribution in [2.75, 3.05) is 13.2 Å². The summed E-state index contributed by atoms with van der Waals surface area (Å²) < 4.78 is 16.9. The lowest BCUT2D eigenvalue weighted by molar-refractivity contribution is -0.167. The molecule has 0 aromatic heterocycles. The second-order valence-electron chi connectivity index (χ2n) is 21.3. The fraction of sp³-hybridized carbons (Fsp3) is 0.729. The number of rotatable bonds is 58. The first-order valence-electron chi connectivity index (χ1n) is 32.2. The van der Waals surface area contributed by atoms with Crippen LogP contribution in [0.15, 0.2) is 97.2 Å². The van der Waals surface area contributed by atoms with Crippen molar-refractivity contribution in [3.05, 3.63) is 97.2 Å². The van der Waals surface area contributed by atoms with E-state index >= 15 is 0 Å². The maximum Gasteiger partial charge on any atom is 0.306 e. The summed E-state index contributed by atoms with van der Waals surface area (Å²) in [5.74, 6) is -0.889. The van der Waals surface area contributed by atoms with Crippen molar-refractivity contribution in [2.24, 2.45) is 0 Å². The van der Waals surface area contributed by atoms with Crippen LogP contribution in [0.4, 0.5) is 0 Å². The summed E-state index contributed by atoms with van der Waals surface area (Å²) in [5.41, 5.74) is 0. The highest BCUT2D eigenvalue weighted by molar-refractivity contribution is 5.71. The van der Waals surface area contributed by atoms with Crippen molar-refractivity contribution in [1.29, 1.82) is 0 Å². The van der Waals surface area contributed by atoms with E-state index in [4.69, 9.17) is 14.2 Å². The number of esters is 3. The predicted molar refractivity (Wildman–Crippen MR) is 330 cm³/mol. The summed E-state index contributed by atoms with van der Waals surface area (Å²) >= 11 is 0. The van der Waals surface area contributed by atoms with Gasteiger partial charge in [0, 0.05) is 19.3 Å². The molecule has 6 heteroatoms. The van der Waals surface area contributed by atoms with Gasteiger partial charge in [-0.2, -0.15) is 0 Å². The molecule has 0 aromatic carbocycles. The van der Waals surface area contributed by atoms with E-state index in [1.165, 1.54) is 161 Å². The molecule has 436 valence electrons. The molecule has 0 spiro atoms. The predicted octanol–water partition coefficient (Wildman–Crippen LogP) is 22.0. The summed E-state index contributed by atoms with van der Waals surface area (Å²) in [4.78, 5) is 38.2. The van der Waals surface area contributed by atoms with Crippen LogP contribution in [0.2, 0.25) is 0 Å². The van der Waals surface area contributed by atoms with Gasteiger partial charge < -0.3 is 14.2 Å². The Balaban J connectivity index is 4.29. The molecule has 0 N–H and O–H groups in total. The summed E-state index contributed by atoms with van der Waals surface area (Å²) in [5, 5.41) is 0. The smallest absolute Gasteiger partial charge is 0.306 e. The number of hydrogen-bond acceptors (Lipinski definition) is 6. The van der Waals surface area contributed by atoms with Gasteiger partial charge in [-0.05, 0) is 103 Å². The highest BCUT2D eigenvalue weighted by Crippen LogP contribution is 2.16. The average Bonchev–Trinajstić information content (AvgIpc) is 3.42. The van der Waals surface area contributed by atoms with E-state index in [-0.39, 0.29) is 31.1 Å². The van der Waals surface area contributed by atoms with Crippen LogP contribution in [0.5, 0.6) is 0 Å². The molecule has 0 aliphatic rings. The molecular weight excluding hydrogens is 937 g/mol. The van der Waals surface area contributed by atoms with Crippen molar-refractivity contribution in [1.82, 2.24) is 0 Å². The third-order valence-electron chi connectivity index (χ3n) is 13.8. The van der Waals surface area contributed by atoms with Gasteiger partial charge in [-0.15, -0.1) is 0 Å². The number of allylic oxidation sites excluding steroid dienone is 16. The highest BCUT2D eigenvalue weighted by Gasteiger charge is 2.19. The maximum absolute atomic E-state index is 12.9. The first-order chi connectivity index (χ1) is 37.5. The van der Waals surface area contributed by atoms with Crippen molar-refractivity contribution < 1.29 is 28.6 Å². The quantitative estimate of drug-likeness (QED) is 0.0261. The van der Waals surface area contributed by atoms with Crippen LogP contribution in [0.3, 0.4) is 0 Å². The standard InChI is InChI=1S/C70H120O6/c1-4-7-10-13-16-19-22-24-26-28-30-32-34-35-37-38-40-42-44-46-48-51-54-57-60-63-69(72)75-66-67(65-74-68(71)62-59-56-53-50-21-18-15-12-9-6-3)76-70(73)64-61-58-55-52-49-47-45-43-41-39-36-33-31-29-27-25-23-20-17-14-11-8-5-2/h8,11,17,20,22,24-25,27-28,30-31,33-35,39,41,67H,4-7,9-10,12-16,18-19,21,23,26,29,32,36-38,40,42-66H2,1-3H3/b11-8-,20-17-,24-22-,27-25-,30-28-,33-31-,35-34-,41-39-. The van der Waals surface area contributed by atoms with Crippen LogP contribution in [0.1, 0.15) is 310 Å². The molecule has 1 unspecified atom stereocenters. The Kier molecular flexibility index (Phi) is 60.8. The molecule has 0 aliphatic carbocycles. The molecule has 0 bridgehead atoms. The molecule has 6 nitrogen and oxygen atoms in total. The molecule has 0 amide bonds. The Morgan fingerprint density at radius 2 is 0.513 bits per heavy atom. The van der Waals surface area contributed by atoms with Gasteiger partial charge in [0.05, 0.1) is 0 Å². The third-order valence-corrected chi connectivity index (χ3v) is 13.8. The lowest BCUT2D eigenvalue weighted by atomic mass is 10.1. The first kappa shape index (κ1) is 72.3. The minimum absolute atomic E-state index is 0.0814. The zero-order valence-electron chi connectivity index (χ0n) is 50.0. The van der Waals surface area contributed by atoms with Crippen LogP contribution in [0.25, 0.3) is 0 Å². The Bertz CT molecular complexity index is 1490. The van der Waals surface area contributed by atoms with Crippen molar-refractivity contribution in [2.45, 2.75) is 316 Å². The summed E-state index contributed by atoms with van der Waals surface area (Å²) in [6, 6.07) is 0. The summed E-state index contributed by atoms with van der Waals surface area (Å²) in [6.07, 6.45) is 85.6. The molecule has 76 heavy (non-hydrogen) atoms. The van der Waals surface area contributed by atoms with E-state index in [1.807, 2.05) is 0 Å². The molecule has 0 aromatic rings. The fourth-order valence-electron chi connectivity index (χ4n) is 9.01. The van der Waals surface area contributed by atoms with Gasteiger partial charge in [-0.25, -0.2) is 0 Å². The number of ether oxygens (including phenoxy) is 3. The van der Waals surface area contributed by atoms with Gasteiger partial charge in [-0.1, -0.05) is 285 Å². The zero-order valence-corrected chi connectivity index (χ0v) is 50.0. The topological polar surface area (TPSA) is 78.9 Å². The fourth-order valence-corrected chi connectivity index (χ4v) is 9.01. The third kappa shape index (κ3) is 61.2. The molecular formula is C70H120O6. The van der Waals surface area contributed by atoms with Crippen LogP contribution in [-0.4, -0.2) is 37.2 Å². The Morgan fingerprint density at radius 1 is 0.276 bits per heavy atom. The average molecular weight is 1060 g/mol. The number of carbonyl (C=O) groups is 3. The Labute approximate surface area is 470 Å². The van der Waals surface area contributed by atoms with Gasteiger partial charge in [0.1, 0.15) is 13.2 Å². The van der Waals surface area contributed by atoms with E-state index in [1.54, 1.807) is 0 Å². The number of carbonyl (C=O) groups excluding carboxylic acids is 3. The zero-order chi connectivity index (χ0) is 55.0. The molecule has 0 saturated heterocycles. The van der Waals surface area contributed by atoms with Gasteiger partial charge in [0.25, 0.3) is 0 Å². The molecule has 0 fully saturated rings. The second kappa shape index (κ2) is 63.9. The van der Waals surface area contributed by atoms with E-state index in [9.17, 15) is 14.4 Å². The molecule has 0 radical (unpaired) electrons. The molecule has 0 heterocycles. The van der Waals surface area contributed by atoms with Gasteiger partial charge >= 0.3 is 17.9 Å². The minimum Gasteiger partial charge on any atom is -0.462 e. The normalized spacial score (nSPS) is 12.7. The van der Waals surface area contributed by atoms with Crippen molar-refractivity contribution >= 4 is 17.9 Å². The number of unbranched alkanes of at least 4 members (excludes halogenated alkanes) is 31. The lowest BCUT2D eigenvalue weighted by Gasteiger charge is -2.18. The van der Waals surface area contributed by atoms with E-state index in [0.717, 1.165) is 109 Å². The Morgan fingerprint density at radius 3 is 0.803 bits per heavy atom. The van der Waals surface area contributed by atoms with E-state index in [0.29, 0.717) is 19.3 Å². The molecule has 0 saturated carbocycles. The Hall–Kier alpha value is -3.67. The minimum atomic E-state index is -0.785. The van der Waals surface area contributed by atoms with Gasteiger partial charge in [0.2, 0.25) is 0 Å². The van der Waals surface area contributed by atoms with Crippen LogP contribution in [-0.2, 0) is 28.6 Å². The summed E-state index contributed by atoms with van der Waals surface area (Å²) in [6.45, 7) is 6.51. The second-order valence-corrected chi connectivity index (χ2v) is 21.3. The van der Waals surface area contributed by atoms with Crippen molar-refractivity contribution in [3.8, 4) is 0 Å². The highest BCUT2D eigenvalue weighted by atomic mass is 16.6. The number of hydrogen-bond donors (Lipinski definition) is 0. The van der Waals surface area contributed by atoms with Gasteiger partial charge in [0.15, 0.2) is 6.10 Å². The van der Waals surface area contributed by atoms with Crippen LogP contribution >= 0.6 is 0 Å². The van der Waals surface area contributed by atoms with Gasteiger partial charge in [-0.3, -0.25) is 14.4 Å². The van der Waals surface area contributed by atoms with Crippen LogP contribution < -0.4 is 0 Å². The first-order valence-corrected chi connectivity index (χ1v) is 32.2. The SMILES string of the molecule is CC/C=C\C/C=C\C/C=C\C/C=C\C/C=C\CCCCCCCCCC(=O)OC(COC(=O)CCCCCCCCCCCC)COC(=O)CCCCCCCCCCCC/C=C\C/C=C\C/C=C\CCCCCCC. The monoisotopic (exact) mass is 1060 g/mol. The van der Waals surface area contributed by atoms with E-state index < -0.39 is 6.10 Å². The van der Waals surface area contributed by atoms with E-state index in [2.05, 4.69) is 118 Å².